The highest BCUT2D eigenvalue weighted by Crippen LogP contribution is 2.17. The molecule has 0 saturated heterocycles. The maximum Gasteiger partial charge on any atom is 0.243 e. The molecule has 116 valence electrons. The molecular weight excluding hydrogens is 312 g/mol. The summed E-state index contributed by atoms with van der Waals surface area (Å²) in [5.41, 5.74) is 0.990. The van der Waals surface area contributed by atoms with Gasteiger partial charge >= 0.3 is 0 Å². The number of aryl methyl sites for hydroxylation is 1. The third-order valence-corrected chi connectivity index (χ3v) is 5.06. The first-order chi connectivity index (χ1) is 10.1. The standard InChI is InChI=1S/C14H19ClN2O3S/c1-20-12-11-17(10-2-9-16)21(18,19)14-5-3-13(4-6-14)7-8-15/h3-6H,2,7-8,10-12H2,1H3. The second-order valence-corrected chi connectivity index (χ2v) is 6.70. The summed E-state index contributed by atoms with van der Waals surface area (Å²) in [6.45, 7) is 0.671. The lowest BCUT2D eigenvalue weighted by Crippen LogP contribution is -2.34. The monoisotopic (exact) mass is 330 g/mol. The summed E-state index contributed by atoms with van der Waals surface area (Å²) in [6, 6.07) is 8.62. The molecule has 0 bridgehead atoms. The van der Waals surface area contributed by atoms with Crippen molar-refractivity contribution in [2.75, 3.05) is 32.7 Å². The first-order valence-corrected chi connectivity index (χ1v) is 8.54. The first kappa shape index (κ1) is 17.9. The molecule has 5 nitrogen and oxygen atoms in total. The summed E-state index contributed by atoms with van der Waals surface area (Å²) in [4.78, 5) is 0.217. The maximum atomic E-state index is 12.5. The van der Waals surface area contributed by atoms with Crippen molar-refractivity contribution in [2.45, 2.75) is 17.7 Å². The highest BCUT2D eigenvalue weighted by atomic mass is 35.5. The van der Waals surface area contributed by atoms with Gasteiger partial charge in [-0.2, -0.15) is 9.57 Å². The molecule has 0 atom stereocenters. The Morgan fingerprint density at radius 2 is 1.95 bits per heavy atom. The molecular formula is C14H19ClN2O3S. The molecule has 0 heterocycles. The normalized spacial score (nSPS) is 11.5. The maximum absolute atomic E-state index is 12.5. The molecule has 0 unspecified atom stereocenters. The molecule has 1 aromatic carbocycles. The van der Waals surface area contributed by atoms with Crippen LogP contribution in [0.4, 0.5) is 0 Å². The second-order valence-electron chi connectivity index (χ2n) is 4.39. The number of nitriles is 1. The van der Waals surface area contributed by atoms with Crippen molar-refractivity contribution in [1.29, 1.82) is 5.26 Å². The molecule has 0 saturated carbocycles. The minimum absolute atomic E-state index is 0.146. The first-order valence-electron chi connectivity index (χ1n) is 6.57. The zero-order valence-corrected chi connectivity index (χ0v) is 13.5. The van der Waals surface area contributed by atoms with E-state index in [0.717, 1.165) is 5.56 Å². The fraction of sp³-hybridized carbons (Fsp3) is 0.500. The Hall–Kier alpha value is -1.13. The molecule has 7 heteroatoms. The SMILES string of the molecule is COCCN(CCC#N)S(=O)(=O)c1ccc(CCCl)cc1. The van der Waals surface area contributed by atoms with Crippen LogP contribution in [0.1, 0.15) is 12.0 Å². The summed E-state index contributed by atoms with van der Waals surface area (Å²) in [7, 11) is -2.10. The van der Waals surface area contributed by atoms with Crippen molar-refractivity contribution >= 4 is 21.6 Å². The number of benzene rings is 1. The number of nitrogens with zero attached hydrogens (tertiary/aromatic N) is 2. The zero-order chi connectivity index (χ0) is 15.7. The average Bonchev–Trinajstić information content (AvgIpc) is 2.48. The quantitative estimate of drug-likeness (QED) is 0.649. The van der Waals surface area contributed by atoms with E-state index in [1.54, 1.807) is 24.3 Å². The number of rotatable bonds is 9. The second kappa shape index (κ2) is 9.00. The zero-order valence-electron chi connectivity index (χ0n) is 12.0. The lowest BCUT2D eigenvalue weighted by molar-refractivity contribution is 0.179. The van der Waals surface area contributed by atoms with Crippen LogP contribution in [0.3, 0.4) is 0 Å². The number of hydrogen-bond donors (Lipinski definition) is 0. The van der Waals surface area contributed by atoms with Gasteiger partial charge in [-0.1, -0.05) is 12.1 Å². The van der Waals surface area contributed by atoms with E-state index in [1.165, 1.54) is 11.4 Å². The van der Waals surface area contributed by atoms with E-state index in [-0.39, 0.29) is 31.0 Å². The average molecular weight is 331 g/mol. The lowest BCUT2D eigenvalue weighted by atomic mass is 10.2. The summed E-state index contributed by atoms with van der Waals surface area (Å²) in [5, 5.41) is 8.66. The number of hydrogen-bond acceptors (Lipinski definition) is 4. The van der Waals surface area contributed by atoms with Crippen LogP contribution in [0.15, 0.2) is 29.2 Å². The van der Waals surface area contributed by atoms with Crippen LogP contribution in [0.25, 0.3) is 0 Å². The highest BCUT2D eigenvalue weighted by Gasteiger charge is 2.23. The van der Waals surface area contributed by atoms with Gasteiger partial charge in [0.1, 0.15) is 0 Å². The van der Waals surface area contributed by atoms with Crippen LogP contribution in [0.5, 0.6) is 0 Å². The van der Waals surface area contributed by atoms with Crippen molar-refractivity contribution in [1.82, 2.24) is 4.31 Å². The van der Waals surface area contributed by atoms with Gasteiger partial charge in [0.2, 0.25) is 10.0 Å². The number of alkyl halides is 1. The number of ether oxygens (including phenoxy) is 1. The molecule has 1 rings (SSSR count). The van der Waals surface area contributed by atoms with E-state index in [4.69, 9.17) is 21.6 Å². The topological polar surface area (TPSA) is 70.4 Å². The smallest absolute Gasteiger partial charge is 0.243 e. The molecule has 0 aliphatic heterocycles. The van der Waals surface area contributed by atoms with Crippen LogP contribution in [0, 0.1) is 11.3 Å². The van der Waals surface area contributed by atoms with Crippen molar-refractivity contribution in [3.05, 3.63) is 29.8 Å². The summed E-state index contributed by atoms with van der Waals surface area (Å²) in [5.74, 6) is 0.494. The van der Waals surface area contributed by atoms with Gasteiger partial charge in [-0.25, -0.2) is 8.42 Å². The molecule has 0 aliphatic rings. The van der Waals surface area contributed by atoms with E-state index >= 15 is 0 Å². The van der Waals surface area contributed by atoms with Gasteiger partial charge in [0.25, 0.3) is 0 Å². The number of halogens is 1. The molecule has 1 aromatic rings. The Labute approximate surface area is 131 Å². The van der Waals surface area contributed by atoms with Crippen LogP contribution in [-0.4, -0.2) is 45.4 Å². The van der Waals surface area contributed by atoms with Gasteiger partial charge in [-0.3, -0.25) is 0 Å². The van der Waals surface area contributed by atoms with E-state index in [1.807, 2.05) is 6.07 Å². The van der Waals surface area contributed by atoms with Gasteiger partial charge in [0, 0.05) is 32.5 Å². The Morgan fingerprint density at radius 3 is 2.48 bits per heavy atom. The number of methoxy groups -OCH3 is 1. The molecule has 0 spiro atoms. The Bertz CT molecular complexity index is 567. The largest absolute Gasteiger partial charge is 0.383 e. The van der Waals surface area contributed by atoms with Gasteiger partial charge in [0.05, 0.1) is 17.6 Å². The predicted molar refractivity (Wildman–Crippen MR) is 81.7 cm³/mol. The van der Waals surface area contributed by atoms with Crippen molar-refractivity contribution < 1.29 is 13.2 Å². The van der Waals surface area contributed by atoms with Gasteiger partial charge in [-0.15, -0.1) is 11.6 Å². The molecule has 0 fully saturated rings. The minimum Gasteiger partial charge on any atom is -0.383 e. The molecule has 0 aliphatic carbocycles. The van der Waals surface area contributed by atoms with E-state index in [9.17, 15) is 8.42 Å². The van der Waals surface area contributed by atoms with Crippen molar-refractivity contribution in [3.63, 3.8) is 0 Å². The van der Waals surface area contributed by atoms with E-state index < -0.39 is 10.0 Å². The molecule has 0 radical (unpaired) electrons. The van der Waals surface area contributed by atoms with Gasteiger partial charge in [0.15, 0.2) is 0 Å². The third kappa shape index (κ3) is 5.29. The molecule has 0 amide bonds. The van der Waals surface area contributed by atoms with Crippen LogP contribution >= 0.6 is 11.6 Å². The Morgan fingerprint density at radius 1 is 1.29 bits per heavy atom. The van der Waals surface area contributed by atoms with Crippen molar-refractivity contribution in [2.24, 2.45) is 0 Å². The van der Waals surface area contributed by atoms with E-state index in [0.29, 0.717) is 12.3 Å². The van der Waals surface area contributed by atoms with E-state index in [2.05, 4.69) is 0 Å². The lowest BCUT2D eigenvalue weighted by Gasteiger charge is -2.20. The fourth-order valence-corrected chi connectivity index (χ4v) is 3.45. The van der Waals surface area contributed by atoms with Crippen LogP contribution in [-0.2, 0) is 21.2 Å². The Kier molecular flexibility index (Phi) is 7.68. The summed E-state index contributed by atoms with van der Waals surface area (Å²) >= 11 is 5.66. The number of sulfonamides is 1. The van der Waals surface area contributed by atoms with Gasteiger partial charge in [-0.05, 0) is 24.1 Å². The van der Waals surface area contributed by atoms with Gasteiger partial charge < -0.3 is 4.74 Å². The molecule has 0 N–H and O–H groups in total. The predicted octanol–water partition coefficient (Wildman–Crippen LogP) is 2.02. The fourth-order valence-electron chi connectivity index (χ4n) is 1.81. The molecule has 0 aromatic heterocycles. The third-order valence-electron chi connectivity index (χ3n) is 2.96. The summed E-state index contributed by atoms with van der Waals surface area (Å²) < 4.78 is 31.3. The van der Waals surface area contributed by atoms with Crippen molar-refractivity contribution in [3.8, 4) is 6.07 Å². The van der Waals surface area contributed by atoms with Crippen LogP contribution < -0.4 is 0 Å². The molecule has 21 heavy (non-hydrogen) atoms. The summed E-state index contributed by atoms with van der Waals surface area (Å²) in [6.07, 6.45) is 0.844. The van der Waals surface area contributed by atoms with Crippen LogP contribution in [0.2, 0.25) is 0 Å². The highest BCUT2D eigenvalue weighted by molar-refractivity contribution is 7.89. The minimum atomic E-state index is -3.61. The Balaban J connectivity index is 2.95.